The van der Waals surface area contributed by atoms with Crippen molar-refractivity contribution in [1.29, 1.82) is 0 Å². The van der Waals surface area contributed by atoms with Crippen LogP contribution in [0.5, 0.6) is 5.75 Å². The van der Waals surface area contributed by atoms with Crippen molar-refractivity contribution in [2.24, 2.45) is 0 Å². The van der Waals surface area contributed by atoms with Crippen molar-refractivity contribution in [3.63, 3.8) is 0 Å². The van der Waals surface area contributed by atoms with Crippen molar-refractivity contribution < 1.29 is 31.4 Å². The zero-order valence-corrected chi connectivity index (χ0v) is 23.1. The quantitative estimate of drug-likeness (QED) is 0.317. The molecule has 2 fully saturated rings. The molecule has 0 spiro atoms. The highest BCUT2D eigenvalue weighted by atomic mass is 32.2. The maximum atomic E-state index is 13.2. The summed E-state index contributed by atoms with van der Waals surface area (Å²) in [5, 5.41) is 0.779. The second-order valence-corrected chi connectivity index (χ2v) is 12.2. The van der Waals surface area contributed by atoms with E-state index in [1.807, 2.05) is 6.07 Å². The van der Waals surface area contributed by atoms with Crippen LogP contribution in [-0.2, 0) is 31.8 Å². The molecule has 3 heterocycles. The van der Waals surface area contributed by atoms with Gasteiger partial charge in [0.2, 0.25) is 10.0 Å². The van der Waals surface area contributed by atoms with Gasteiger partial charge in [0, 0.05) is 45.0 Å². The molecule has 0 amide bonds. The summed E-state index contributed by atoms with van der Waals surface area (Å²) in [6, 6.07) is 11.7. The summed E-state index contributed by atoms with van der Waals surface area (Å²) in [5.74, 6) is 0.684. The maximum Gasteiger partial charge on any atom is 0.387 e. The van der Waals surface area contributed by atoms with E-state index in [0.29, 0.717) is 37.6 Å². The predicted octanol–water partition coefficient (Wildman–Crippen LogP) is 3.67. The Balaban J connectivity index is 1.36. The van der Waals surface area contributed by atoms with Crippen molar-refractivity contribution in [1.82, 2.24) is 18.8 Å². The fraction of sp³-hybridized carbons (Fsp3) is 0.500. The lowest BCUT2D eigenvalue weighted by Crippen LogP contribution is -2.40. The largest absolute Gasteiger partial charge is 0.435 e. The van der Waals surface area contributed by atoms with Gasteiger partial charge in [-0.15, -0.1) is 0 Å². The summed E-state index contributed by atoms with van der Waals surface area (Å²) in [6.45, 7) is 3.56. The Kier molecular flexibility index (Phi) is 9.36. The Labute approximate surface area is 231 Å². The number of halogens is 2. The van der Waals surface area contributed by atoms with Crippen LogP contribution < -0.4 is 4.74 Å². The third-order valence-electron chi connectivity index (χ3n) is 6.77. The molecular formula is C26H32F2N4O5S2. The number of morpholine rings is 2. The van der Waals surface area contributed by atoms with Crippen molar-refractivity contribution >= 4 is 32.8 Å². The van der Waals surface area contributed by atoms with Crippen LogP contribution >= 0.6 is 11.8 Å². The number of benzene rings is 2. The van der Waals surface area contributed by atoms with Gasteiger partial charge in [0.1, 0.15) is 5.75 Å². The summed E-state index contributed by atoms with van der Waals surface area (Å²) in [5.41, 5.74) is 2.43. The Bertz CT molecular complexity index is 1340. The highest BCUT2D eigenvalue weighted by Crippen LogP contribution is 2.30. The normalized spacial score (nSPS) is 17.7. The molecule has 2 saturated heterocycles. The average molecular weight is 583 g/mol. The smallest absolute Gasteiger partial charge is 0.387 e. The number of thioether (sulfide) groups is 1. The Hall–Kier alpha value is -2.29. The standard InChI is InChI=1S/C26H32F2N4O5S2/c27-25(28)37-21-4-2-20(3-5-21)19-38-26-29-23-18-22(39(33,34)31-12-16-36-17-13-31)6-7-24(23)32(26)9-1-8-30-10-14-35-15-11-30/h2-7,18,25H,1,8-17,19H2. The summed E-state index contributed by atoms with van der Waals surface area (Å²) in [4.78, 5) is 7.43. The number of aryl methyl sites for hydroxylation is 1. The second-order valence-electron chi connectivity index (χ2n) is 9.33. The number of hydrogen-bond acceptors (Lipinski definition) is 8. The first-order chi connectivity index (χ1) is 18.9. The van der Waals surface area contributed by atoms with Gasteiger partial charge in [0.05, 0.1) is 42.4 Å². The van der Waals surface area contributed by atoms with Crippen molar-refractivity contribution in [3.8, 4) is 5.75 Å². The van der Waals surface area contributed by atoms with Gasteiger partial charge in [-0.05, 0) is 42.3 Å². The highest BCUT2D eigenvalue weighted by Gasteiger charge is 2.27. The van der Waals surface area contributed by atoms with E-state index in [-0.39, 0.29) is 10.6 Å². The molecule has 3 aromatic rings. The third-order valence-corrected chi connectivity index (χ3v) is 9.71. The lowest BCUT2D eigenvalue weighted by molar-refractivity contribution is -0.0498. The number of hydrogen-bond donors (Lipinski definition) is 0. The number of nitrogens with zero attached hydrogens (tertiary/aromatic N) is 4. The van der Waals surface area contributed by atoms with E-state index in [9.17, 15) is 17.2 Å². The van der Waals surface area contributed by atoms with Crippen molar-refractivity contribution in [2.45, 2.75) is 35.4 Å². The minimum atomic E-state index is -3.64. The van der Waals surface area contributed by atoms with Gasteiger partial charge < -0.3 is 18.8 Å². The SMILES string of the molecule is O=S(=O)(c1ccc2c(c1)nc(SCc1ccc(OC(F)F)cc1)n2CCCN1CCOCC1)N1CCOCC1. The molecule has 1 aromatic heterocycles. The third kappa shape index (κ3) is 7.08. The van der Waals surface area contributed by atoms with Gasteiger partial charge in [0.25, 0.3) is 0 Å². The molecule has 0 bridgehead atoms. The molecule has 39 heavy (non-hydrogen) atoms. The molecule has 0 N–H and O–H groups in total. The zero-order chi connectivity index (χ0) is 27.2. The number of ether oxygens (including phenoxy) is 3. The van der Waals surface area contributed by atoms with E-state index in [0.717, 1.165) is 62.1 Å². The number of rotatable bonds is 11. The van der Waals surface area contributed by atoms with E-state index in [1.54, 1.807) is 24.3 Å². The number of aromatic nitrogens is 2. The van der Waals surface area contributed by atoms with Crippen LogP contribution in [0.3, 0.4) is 0 Å². The molecule has 0 saturated carbocycles. The lowest BCUT2D eigenvalue weighted by Gasteiger charge is -2.26. The number of imidazole rings is 1. The van der Waals surface area contributed by atoms with E-state index in [1.165, 1.54) is 28.2 Å². The monoisotopic (exact) mass is 582 g/mol. The van der Waals surface area contributed by atoms with Crippen LogP contribution in [0.2, 0.25) is 0 Å². The topological polar surface area (TPSA) is 86.1 Å². The predicted molar refractivity (Wildman–Crippen MR) is 144 cm³/mol. The minimum Gasteiger partial charge on any atom is -0.435 e. The van der Waals surface area contributed by atoms with E-state index >= 15 is 0 Å². The van der Waals surface area contributed by atoms with Gasteiger partial charge in [0.15, 0.2) is 5.16 Å². The van der Waals surface area contributed by atoms with Gasteiger partial charge in [-0.1, -0.05) is 23.9 Å². The molecule has 2 aliphatic rings. The summed E-state index contributed by atoms with van der Waals surface area (Å²) >= 11 is 1.53. The molecule has 9 nitrogen and oxygen atoms in total. The van der Waals surface area contributed by atoms with Crippen LogP contribution in [0.1, 0.15) is 12.0 Å². The Morgan fingerprint density at radius 3 is 2.33 bits per heavy atom. The fourth-order valence-corrected chi connectivity index (χ4v) is 7.13. The molecule has 0 aliphatic carbocycles. The molecule has 13 heteroatoms. The van der Waals surface area contributed by atoms with Crippen LogP contribution in [-0.4, -0.2) is 92.9 Å². The van der Waals surface area contributed by atoms with Crippen molar-refractivity contribution in [3.05, 3.63) is 48.0 Å². The second kappa shape index (κ2) is 12.9. The molecule has 2 aliphatic heterocycles. The van der Waals surface area contributed by atoms with Gasteiger partial charge >= 0.3 is 6.61 Å². The number of fused-ring (bicyclic) bond motifs is 1. The van der Waals surface area contributed by atoms with Gasteiger partial charge in [-0.3, -0.25) is 4.90 Å². The highest BCUT2D eigenvalue weighted by molar-refractivity contribution is 7.98. The van der Waals surface area contributed by atoms with Crippen molar-refractivity contribution in [2.75, 3.05) is 59.2 Å². The minimum absolute atomic E-state index is 0.114. The summed E-state index contributed by atoms with van der Waals surface area (Å²) in [7, 11) is -3.64. The Morgan fingerprint density at radius 1 is 0.949 bits per heavy atom. The average Bonchev–Trinajstić information content (AvgIpc) is 3.30. The molecule has 2 aromatic carbocycles. The zero-order valence-electron chi connectivity index (χ0n) is 21.5. The first kappa shape index (κ1) is 28.2. The van der Waals surface area contributed by atoms with E-state index in [2.05, 4.69) is 14.2 Å². The maximum absolute atomic E-state index is 13.2. The lowest BCUT2D eigenvalue weighted by atomic mass is 10.2. The molecule has 0 unspecified atom stereocenters. The number of alkyl halides is 2. The Morgan fingerprint density at radius 2 is 1.64 bits per heavy atom. The molecule has 0 radical (unpaired) electrons. The molecule has 0 atom stereocenters. The van der Waals surface area contributed by atoms with Gasteiger partial charge in [-0.2, -0.15) is 13.1 Å². The van der Waals surface area contributed by atoms with Gasteiger partial charge in [-0.25, -0.2) is 13.4 Å². The number of sulfonamides is 1. The van der Waals surface area contributed by atoms with Crippen LogP contribution in [0.25, 0.3) is 11.0 Å². The molecule has 212 valence electrons. The van der Waals surface area contributed by atoms with Crippen LogP contribution in [0.4, 0.5) is 8.78 Å². The fourth-order valence-electron chi connectivity index (χ4n) is 4.70. The first-order valence-electron chi connectivity index (χ1n) is 12.9. The summed E-state index contributed by atoms with van der Waals surface area (Å²) < 4.78 is 70.2. The van der Waals surface area contributed by atoms with Crippen LogP contribution in [0.15, 0.2) is 52.5 Å². The van der Waals surface area contributed by atoms with E-state index < -0.39 is 16.6 Å². The first-order valence-corrected chi connectivity index (χ1v) is 15.4. The van der Waals surface area contributed by atoms with E-state index in [4.69, 9.17) is 14.5 Å². The molecular weight excluding hydrogens is 550 g/mol. The molecule has 5 rings (SSSR count). The van der Waals surface area contributed by atoms with Crippen LogP contribution in [0, 0.1) is 0 Å². The summed E-state index contributed by atoms with van der Waals surface area (Å²) in [6.07, 6.45) is 0.909.